The fourth-order valence-electron chi connectivity index (χ4n) is 3.15. The number of rotatable bonds is 5. The van der Waals surface area contributed by atoms with E-state index in [1.54, 1.807) is 6.20 Å². The Balaban J connectivity index is 0.000000298. The molecule has 1 fully saturated rings. The number of carbonyl (C=O) groups is 1. The lowest BCUT2D eigenvalue weighted by Crippen LogP contribution is -2.19. The van der Waals surface area contributed by atoms with Crippen LogP contribution in [0.5, 0.6) is 0 Å². The molecule has 9 heteroatoms. The number of benzene rings is 1. The summed E-state index contributed by atoms with van der Waals surface area (Å²) >= 11 is 12.6. The van der Waals surface area contributed by atoms with Crippen LogP contribution < -0.4 is 4.90 Å². The molecule has 0 aliphatic carbocycles. The first-order valence-corrected chi connectivity index (χ1v) is 10.0. The molecule has 1 aliphatic rings. The summed E-state index contributed by atoms with van der Waals surface area (Å²) in [4.78, 5) is 16.7. The van der Waals surface area contributed by atoms with E-state index < -0.39 is 5.97 Å². The smallest absolute Gasteiger partial charge is 0.305 e. The Bertz CT molecular complexity index is 974. The molecule has 3 heterocycles. The van der Waals surface area contributed by atoms with Gasteiger partial charge in [-0.1, -0.05) is 29.3 Å². The zero-order valence-electron chi connectivity index (χ0n) is 16.0. The molecule has 0 unspecified atom stereocenters. The van der Waals surface area contributed by atoms with Crippen molar-refractivity contribution >= 4 is 45.9 Å². The summed E-state index contributed by atoms with van der Waals surface area (Å²) < 4.78 is 4.47. The van der Waals surface area contributed by atoms with Gasteiger partial charge >= 0.3 is 5.97 Å². The number of nitrogens with one attached hydrogen (secondary N) is 1. The summed E-state index contributed by atoms with van der Waals surface area (Å²) in [6.07, 6.45) is 4.23. The number of carboxylic acids is 1. The number of H-pyrrole nitrogens is 1. The highest BCUT2D eigenvalue weighted by Gasteiger charge is 2.18. The molecule has 0 bridgehead atoms. The number of carboxylic acid groups (broad SMARTS) is 1. The van der Waals surface area contributed by atoms with Crippen LogP contribution >= 0.6 is 23.2 Å². The van der Waals surface area contributed by atoms with Crippen LogP contribution in [0.4, 0.5) is 5.82 Å². The molecule has 4 rings (SSSR count). The van der Waals surface area contributed by atoms with E-state index in [4.69, 9.17) is 33.3 Å². The van der Waals surface area contributed by atoms with Gasteiger partial charge in [0.15, 0.2) is 0 Å². The monoisotopic (exact) mass is 436 g/mol. The van der Waals surface area contributed by atoms with Gasteiger partial charge in [-0.15, -0.1) is 0 Å². The van der Waals surface area contributed by atoms with E-state index in [0.717, 1.165) is 41.1 Å². The second kappa shape index (κ2) is 9.91. The van der Waals surface area contributed by atoms with E-state index in [1.165, 1.54) is 20.0 Å². The summed E-state index contributed by atoms with van der Waals surface area (Å²) in [5.41, 5.74) is 2.73. The molecule has 1 aromatic carbocycles. The van der Waals surface area contributed by atoms with Crippen molar-refractivity contribution in [1.82, 2.24) is 15.2 Å². The molecule has 0 saturated carbocycles. The van der Waals surface area contributed by atoms with Crippen LogP contribution in [0.2, 0.25) is 10.0 Å². The van der Waals surface area contributed by atoms with E-state index >= 15 is 0 Å². The number of methoxy groups -OCH3 is 1. The van der Waals surface area contributed by atoms with Crippen LogP contribution in [0.15, 0.2) is 30.5 Å². The van der Waals surface area contributed by atoms with E-state index in [-0.39, 0.29) is 6.42 Å². The molecule has 0 radical (unpaired) electrons. The molecule has 29 heavy (non-hydrogen) atoms. The lowest BCUT2D eigenvalue weighted by Gasteiger charge is -2.19. The lowest BCUT2D eigenvalue weighted by atomic mass is 10.1. The Kier molecular flexibility index (Phi) is 7.30. The summed E-state index contributed by atoms with van der Waals surface area (Å²) in [6.45, 7) is 2.35. The fourth-order valence-corrected chi connectivity index (χ4v) is 3.51. The zero-order chi connectivity index (χ0) is 20.8. The van der Waals surface area contributed by atoms with Gasteiger partial charge in [0.1, 0.15) is 5.82 Å². The molecule has 154 valence electrons. The minimum atomic E-state index is -0.818. The van der Waals surface area contributed by atoms with Gasteiger partial charge in [-0.05, 0) is 31.0 Å². The van der Waals surface area contributed by atoms with Crippen molar-refractivity contribution in [2.45, 2.75) is 19.3 Å². The number of ether oxygens (including phenoxy) is 1. The minimum absolute atomic E-state index is 0.0938. The average molecular weight is 437 g/mol. The molecule has 0 spiro atoms. The second-order valence-corrected chi connectivity index (χ2v) is 7.37. The van der Waals surface area contributed by atoms with Crippen molar-refractivity contribution < 1.29 is 14.6 Å². The van der Waals surface area contributed by atoms with Gasteiger partial charge in [0.05, 0.1) is 34.3 Å². The Labute approximate surface area is 178 Å². The molecule has 1 saturated heterocycles. The molecular weight excluding hydrogens is 415 g/mol. The highest BCUT2D eigenvalue weighted by atomic mass is 35.5. The van der Waals surface area contributed by atoms with Gasteiger partial charge in [-0.25, -0.2) is 4.98 Å². The Morgan fingerprint density at radius 3 is 2.62 bits per heavy atom. The SMILES string of the molecule is COCCC(=O)O.Clc1ccc2c(-c3ccn[nH]3)cc(N3CCCC3)nc2c1Cl. The third-order valence-corrected chi connectivity index (χ3v) is 5.39. The van der Waals surface area contributed by atoms with Crippen molar-refractivity contribution in [2.75, 3.05) is 31.7 Å². The standard InChI is InChI=1S/C16H14Cl2N4.C4H8O3/c17-12-4-3-10-11(13-5-6-19-21-13)9-14(20-16(10)15(12)18)22-7-1-2-8-22;1-7-3-2-4(5)6/h3-6,9H,1-2,7-8H2,(H,19,21);2-3H2,1H3,(H,5,6). The number of nitrogens with zero attached hydrogens (tertiary/aromatic N) is 3. The number of fused-ring (bicyclic) bond motifs is 1. The summed E-state index contributed by atoms with van der Waals surface area (Å²) in [5.74, 6) is 0.126. The first-order chi connectivity index (χ1) is 14.0. The number of pyridine rings is 1. The Morgan fingerprint density at radius 2 is 2.03 bits per heavy atom. The molecule has 0 atom stereocenters. The largest absolute Gasteiger partial charge is 0.481 e. The lowest BCUT2D eigenvalue weighted by molar-refractivity contribution is -0.137. The average Bonchev–Trinajstić information content (AvgIpc) is 3.43. The zero-order valence-corrected chi connectivity index (χ0v) is 17.5. The number of aromatic nitrogens is 3. The summed E-state index contributed by atoms with van der Waals surface area (Å²) in [5, 5.41) is 17.0. The number of hydrogen-bond acceptors (Lipinski definition) is 5. The summed E-state index contributed by atoms with van der Waals surface area (Å²) in [7, 11) is 1.48. The van der Waals surface area contributed by atoms with Crippen LogP contribution in [0.3, 0.4) is 0 Å². The van der Waals surface area contributed by atoms with Crippen LogP contribution in [-0.4, -0.2) is 53.1 Å². The van der Waals surface area contributed by atoms with Gasteiger partial charge < -0.3 is 14.7 Å². The van der Waals surface area contributed by atoms with Crippen LogP contribution in [0.25, 0.3) is 22.2 Å². The quantitative estimate of drug-likeness (QED) is 0.605. The maximum atomic E-state index is 9.68. The van der Waals surface area contributed by atoms with Crippen molar-refractivity contribution in [3.63, 3.8) is 0 Å². The van der Waals surface area contributed by atoms with Crippen molar-refractivity contribution in [3.05, 3.63) is 40.5 Å². The second-order valence-electron chi connectivity index (χ2n) is 6.59. The highest BCUT2D eigenvalue weighted by Crippen LogP contribution is 2.37. The van der Waals surface area contributed by atoms with Crippen LogP contribution in [0, 0.1) is 0 Å². The van der Waals surface area contributed by atoms with Gasteiger partial charge in [0.25, 0.3) is 0 Å². The maximum Gasteiger partial charge on any atom is 0.305 e. The van der Waals surface area contributed by atoms with Gasteiger partial charge in [0.2, 0.25) is 0 Å². The molecule has 2 aromatic heterocycles. The van der Waals surface area contributed by atoms with Gasteiger partial charge in [-0.3, -0.25) is 9.89 Å². The fraction of sp³-hybridized carbons (Fsp3) is 0.350. The Hall–Kier alpha value is -2.35. The van der Waals surface area contributed by atoms with Crippen molar-refractivity contribution in [2.24, 2.45) is 0 Å². The van der Waals surface area contributed by atoms with E-state index in [0.29, 0.717) is 16.7 Å². The molecule has 7 nitrogen and oxygen atoms in total. The molecule has 2 N–H and O–H groups in total. The molecule has 3 aromatic rings. The topological polar surface area (TPSA) is 91.3 Å². The summed E-state index contributed by atoms with van der Waals surface area (Å²) in [6, 6.07) is 7.82. The number of halogens is 2. The van der Waals surface area contributed by atoms with E-state index in [2.05, 4.69) is 25.9 Å². The first kappa shape index (κ1) is 21.4. The molecule has 1 aliphatic heterocycles. The first-order valence-electron chi connectivity index (χ1n) is 9.25. The third-order valence-electron chi connectivity index (χ3n) is 4.60. The normalized spacial score (nSPS) is 13.4. The van der Waals surface area contributed by atoms with E-state index in [1.807, 2.05) is 18.2 Å². The van der Waals surface area contributed by atoms with Crippen molar-refractivity contribution in [3.8, 4) is 11.3 Å². The molecule has 0 amide bonds. The number of aromatic amines is 1. The maximum absolute atomic E-state index is 9.68. The van der Waals surface area contributed by atoms with Gasteiger partial charge in [0, 0.05) is 37.3 Å². The Morgan fingerprint density at radius 1 is 1.28 bits per heavy atom. The van der Waals surface area contributed by atoms with Crippen molar-refractivity contribution in [1.29, 1.82) is 0 Å². The van der Waals surface area contributed by atoms with Crippen LogP contribution in [0.1, 0.15) is 19.3 Å². The van der Waals surface area contributed by atoms with Crippen LogP contribution in [-0.2, 0) is 9.53 Å². The third kappa shape index (κ3) is 5.18. The number of hydrogen-bond donors (Lipinski definition) is 2. The van der Waals surface area contributed by atoms with Gasteiger partial charge in [-0.2, -0.15) is 5.10 Å². The minimum Gasteiger partial charge on any atom is -0.481 e. The number of aliphatic carboxylic acids is 1. The van der Waals surface area contributed by atoms with E-state index in [9.17, 15) is 4.79 Å². The highest BCUT2D eigenvalue weighted by molar-refractivity contribution is 6.45. The predicted molar refractivity (Wildman–Crippen MR) is 115 cm³/mol. The predicted octanol–water partition coefficient (Wildman–Crippen LogP) is 4.64. The molecular formula is C20H22Cl2N4O3. The number of anilines is 1.